The summed E-state index contributed by atoms with van der Waals surface area (Å²) in [6.45, 7) is 8.44. The van der Waals surface area contributed by atoms with Crippen molar-refractivity contribution in [2.24, 2.45) is 5.41 Å². The molecule has 1 saturated carbocycles. The van der Waals surface area contributed by atoms with Crippen molar-refractivity contribution in [3.63, 3.8) is 0 Å². The van der Waals surface area contributed by atoms with Gasteiger partial charge in [0.2, 0.25) is 0 Å². The predicted octanol–water partition coefficient (Wildman–Crippen LogP) is 9.16. The molecular formula is C30H35NO. The van der Waals surface area contributed by atoms with Gasteiger partial charge in [0.25, 0.3) is 0 Å². The van der Waals surface area contributed by atoms with Gasteiger partial charge in [-0.25, -0.2) is 0 Å². The van der Waals surface area contributed by atoms with Crippen LogP contribution in [0.1, 0.15) is 79.0 Å². The number of hydrogen-bond donors (Lipinski definition) is 0. The van der Waals surface area contributed by atoms with Crippen molar-refractivity contribution in [2.75, 3.05) is 11.9 Å². The van der Waals surface area contributed by atoms with Gasteiger partial charge in [0.1, 0.15) is 5.58 Å². The lowest BCUT2D eigenvalue weighted by Crippen LogP contribution is -2.20. The van der Waals surface area contributed by atoms with Crippen LogP contribution in [0.5, 0.6) is 0 Å². The highest BCUT2D eigenvalue weighted by Crippen LogP contribution is 2.46. The van der Waals surface area contributed by atoms with E-state index in [9.17, 15) is 1.37 Å². The molecule has 0 spiro atoms. The lowest BCUT2D eigenvalue weighted by Gasteiger charge is -2.34. The summed E-state index contributed by atoms with van der Waals surface area (Å²) in [5.41, 5.74) is 6.10. The van der Waals surface area contributed by atoms with Crippen LogP contribution in [0.4, 0.5) is 11.4 Å². The molecule has 4 aromatic rings. The summed E-state index contributed by atoms with van der Waals surface area (Å²) in [4.78, 5) is 2.14. The molecule has 0 unspecified atom stereocenters. The third kappa shape index (κ3) is 3.70. The Balaban J connectivity index is 1.59. The molecule has 0 saturated heterocycles. The number of hydrogen-bond acceptors (Lipinski definition) is 2. The topological polar surface area (TPSA) is 16.4 Å². The van der Waals surface area contributed by atoms with Gasteiger partial charge in [-0.1, -0.05) is 70.2 Å². The molecule has 0 bridgehead atoms. The minimum absolute atomic E-state index is 0.312. The van der Waals surface area contributed by atoms with Gasteiger partial charge in [0.15, 0.2) is 5.58 Å². The van der Waals surface area contributed by atoms with Gasteiger partial charge in [0, 0.05) is 26.2 Å². The highest BCUT2D eigenvalue weighted by Gasteiger charge is 2.29. The first-order valence-corrected chi connectivity index (χ1v) is 11.8. The van der Waals surface area contributed by atoms with E-state index in [1.54, 1.807) is 0 Å². The normalized spacial score (nSPS) is 19.0. The summed E-state index contributed by atoms with van der Waals surface area (Å²) in [5.74, 6) is -1.22. The highest BCUT2D eigenvalue weighted by atomic mass is 16.3. The zero-order valence-electron chi connectivity index (χ0n) is 22.0. The quantitative estimate of drug-likeness (QED) is 0.323. The maximum Gasteiger partial charge on any atom is 0.159 e. The van der Waals surface area contributed by atoms with E-state index in [0.29, 0.717) is 5.41 Å². The van der Waals surface area contributed by atoms with E-state index in [1.165, 1.54) is 0 Å². The highest BCUT2D eigenvalue weighted by molar-refractivity contribution is 6.10. The fourth-order valence-electron chi connectivity index (χ4n) is 5.00. The summed E-state index contributed by atoms with van der Waals surface area (Å²) in [7, 11) is 2.05. The summed E-state index contributed by atoms with van der Waals surface area (Å²) in [5, 5.41) is 2.18. The molecule has 1 aliphatic rings. The smallest absolute Gasteiger partial charge is 0.159 e. The van der Waals surface area contributed by atoms with E-state index >= 15 is 0 Å². The van der Waals surface area contributed by atoms with Crippen molar-refractivity contribution >= 4 is 33.3 Å². The van der Waals surface area contributed by atoms with Crippen molar-refractivity contribution < 1.29 is 7.16 Å². The molecule has 3 aromatic carbocycles. The molecule has 0 atom stereocenters. The molecule has 0 N–H and O–H groups in total. The molecule has 1 aromatic heterocycles. The average Bonchev–Trinajstić information content (AvgIpc) is 3.19. The van der Waals surface area contributed by atoms with E-state index in [2.05, 4.69) is 74.3 Å². The molecule has 1 fully saturated rings. The molecule has 2 nitrogen and oxygen atoms in total. The fourth-order valence-corrected chi connectivity index (χ4v) is 5.00. The maximum atomic E-state index is 9.35. The van der Waals surface area contributed by atoms with Gasteiger partial charge >= 0.3 is 0 Å². The van der Waals surface area contributed by atoms with Crippen LogP contribution in [0, 0.1) is 5.41 Å². The molecule has 2 heteroatoms. The molecular weight excluding hydrogens is 390 g/mol. The van der Waals surface area contributed by atoms with Gasteiger partial charge < -0.3 is 9.32 Å². The second-order valence-electron chi connectivity index (χ2n) is 10.3. The third-order valence-electron chi connectivity index (χ3n) is 7.28. The molecule has 0 amide bonds. The van der Waals surface area contributed by atoms with Crippen molar-refractivity contribution in [3.8, 4) is 0 Å². The van der Waals surface area contributed by atoms with Crippen LogP contribution in [0.15, 0.2) is 65.1 Å². The monoisotopic (exact) mass is 427 g/mol. The molecule has 166 valence electrons. The van der Waals surface area contributed by atoms with Crippen molar-refractivity contribution in [2.45, 2.75) is 65.2 Å². The summed E-state index contributed by atoms with van der Waals surface area (Å²) in [6.07, 6.45) is 3.85. The SMILES string of the molecule is [2H]C(C)(C)c1ccc(N(C)c2cccc3c2oc2c(C4([2H])CCC(C)(C)CC4)cccc23)cc1. The second kappa shape index (κ2) is 7.99. The van der Waals surface area contributed by atoms with Gasteiger partial charge in [0.05, 0.1) is 5.69 Å². The number of para-hydroxylation sites is 2. The van der Waals surface area contributed by atoms with Crippen molar-refractivity contribution in [1.82, 2.24) is 0 Å². The van der Waals surface area contributed by atoms with Gasteiger partial charge in [-0.2, -0.15) is 0 Å². The fraction of sp³-hybridized carbons (Fsp3) is 0.400. The van der Waals surface area contributed by atoms with Crippen LogP contribution in [0.3, 0.4) is 0 Å². The maximum absolute atomic E-state index is 9.35. The van der Waals surface area contributed by atoms with E-state index in [1.807, 2.05) is 26.0 Å². The standard InChI is InChI=1S/C30H35NO/c1-20(2)21-12-14-23(15-13-21)31(5)27-11-7-10-26-25-9-6-8-24(28(25)32-29(26)27)22-16-18-30(3,4)19-17-22/h6-15,20,22H,16-19H2,1-5H3/i20D,22D. The minimum atomic E-state index is -0.618. The Labute approximate surface area is 195 Å². The molecule has 0 radical (unpaired) electrons. The minimum Gasteiger partial charge on any atom is -0.454 e. The van der Waals surface area contributed by atoms with Crippen molar-refractivity contribution in [1.29, 1.82) is 0 Å². The van der Waals surface area contributed by atoms with E-state index in [-0.39, 0.29) is 0 Å². The Morgan fingerprint density at radius 1 is 0.938 bits per heavy atom. The Morgan fingerprint density at radius 3 is 2.22 bits per heavy atom. The Hall–Kier alpha value is -2.74. The number of rotatable bonds is 4. The summed E-state index contributed by atoms with van der Waals surface area (Å²) in [6, 6.07) is 20.8. The Morgan fingerprint density at radius 2 is 1.56 bits per heavy atom. The van der Waals surface area contributed by atoms with Crippen molar-refractivity contribution in [3.05, 3.63) is 71.8 Å². The zero-order valence-corrected chi connectivity index (χ0v) is 20.0. The van der Waals surface area contributed by atoms with E-state index < -0.39 is 11.8 Å². The number of furan rings is 1. The van der Waals surface area contributed by atoms with Crippen LogP contribution in [-0.2, 0) is 0 Å². The summed E-state index contributed by atoms with van der Waals surface area (Å²) < 4.78 is 24.2. The average molecular weight is 428 g/mol. The first-order valence-electron chi connectivity index (χ1n) is 12.8. The Bertz CT molecular complexity index is 1330. The van der Waals surface area contributed by atoms with Crippen LogP contribution >= 0.6 is 0 Å². The number of nitrogens with zero attached hydrogens (tertiary/aromatic N) is 1. The van der Waals surface area contributed by atoms with E-state index in [4.69, 9.17) is 5.79 Å². The van der Waals surface area contributed by atoms with Crippen LogP contribution < -0.4 is 4.90 Å². The number of benzene rings is 3. The lowest BCUT2D eigenvalue weighted by atomic mass is 9.71. The molecule has 32 heavy (non-hydrogen) atoms. The summed E-state index contributed by atoms with van der Waals surface area (Å²) >= 11 is 0. The first kappa shape index (κ1) is 18.8. The molecule has 5 rings (SSSR count). The van der Waals surface area contributed by atoms with Gasteiger partial charge in [-0.05, 0) is 72.2 Å². The molecule has 1 aliphatic carbocycles. The van der Waals surface area contributed by atoms with Crippen LogP contribution in [0.2, 0.25) is 0 Å². The molecule has 1 heterocycles. The largest absolute Gasteiger partial charge is 0.454 e. The predicted molar refractivity (Wildman–Crippen MR) is 137 cm³/mol. The van der Waals surface area contributed by atoms with Gasteiger partial charge in [-0.3, -0.25) is 0 Å². The lowest BCUT2D eigenvalue weighted by molar-refractivity contribution is 0.224. The second-order valence-corrected chi connectivity index (χ2v) is 10.3. The van der Waals surface area contributed by atoms with Crippen LogP contribution in [-0.4, -0.2) is 7.05 Å². The first-order chi connectivity index (χ1) is 16.0. The third-order valence-corrected chi connectivity index (χ3v) is 7.28. The zero-order chi connectivity index (χ0) is 24.3. The number of fused-ring (bicyclic) bond motifs is 3. The number of anilines is 2. The van der Waals surface area contributed by atoms with E-state index in [0.717, 1.165) is 70.1 Å². The van der Waals surface area contributed by atoms with Crippen LogP contribution in [0.25, 0.3) is 21.9 Å². The van der Waals surface area contributed by atoms with Gasteiger partial charge in [-0.15, -0.1) is 0 Å². The Kier molecular flexibility index (Phi) is 4.69. The molecule has 0 aliphatic heterocycles.